The van der Waals surface area contributed by atoms with Crippen LogP contribution in [0.2, 0.25) is 0 Å². The van der Waals surface area contributed by atoms with Gasteiger partial charge in [0.25, 0.3) is 0 Å². The van der Waals surface area contributed by atoms with Crippen molar-refractivity contribution in [3.8, 4) is 0 Å². The van der Waals surface area contributed by atoms with Crippen LogP contribution >= 0.6 is 0 Å². The minimum Gasteiger partial charge on any atom is -0.377 e. The van der Waals surface area contributed by atoms with E-state index < -0.39 is 0 Å². The van der Waals surface area contributed by atoms with Crippen LogP contribution in [0.5, 0.6) is 0 Å². The first-order chi connectivity index (χ1) is 8.34. The molecule has 2 atom stereocenters. The standard InChI is InChI=1S/C11H15N3O.C2H6/c1-8-4-12-11(13-5-8)14-9-2-3-10(14)7-15-6-9;1-2/h4-5,9-10H,2-3,6-7H2,1H3;1-2H3. The quantitative estimate of drug-likeness (QED) is 0.748. The normalized spacial score (nSPS) is 26.4. The molecule has 0 amide bonds. The number of hydrogen-bond acceptors (Lipinski definition) is 4. The largest absolute Gasteiger partial charge is 0.377 e. The molecule has 2 aliphatic heterocycles. The summed E-state index contributed by atoms with van der Waals surface area (Å²) in [6.45, 7) is 7.67. The van der Waals surface area contributed by atoms with Crippen LogP contribution in [0, 0.1) is 6.92 Å². The van der Waals surface area contributed by atoms with Gasteiger partial charge in [-0.3, -0.25) is 0 Å². The predicted octanol–water partition coefficient (Wildman–Crippen LogP) is 2.18. The first kappa shape index (κ1) is 12.3. The minimum atomic E-state index is 0.492. The zero-order valence-corrected chi connectivity index (χ0v) is 10.9. The lowest BCUT2D eigenvalue weighted by molar-refractivity contribution is 0.0897. The highest BCUT2D eigenvalue weighted by atomic mass is 16.5. The number of ether oxygens (including phenoxy) is 1. The van der Waals surface area contributed by atoms with E-state index in [0.717, 1.165) is 24.7 Å². The molecular formula is C13H21N3O. The van der Waals surface area contributed by atoms with Gasteiger partial charge in [-0.2, -0.15) is 0 Å². The molecule has 0 radical (unpaired) electrons. The smallest absolute Gasteiger partial charge is 0.225 e. The molecule has 0 saturated carbocycles. The highest BCUT2D eigenvalue weighted by Crippen LogP contribution is 2.31. The second-order valence-corrected chi connectivity index (χ2v) is 4.39. The van der Waals surface area contributed by atoms with E-state index in [9.17, 15) is 0 Å². The van der Waals surface area contributed by atoms with E-state index in [-0.39, 0.29) is 0 Å². The van der Waals surface area contributed by atoms with Crippen molar-refractivity contribution < 1.29 is 4.74 Å². The summed E-state index contributed by atoms with van der Waals surface area (Å²) >= 11 is 0. The molecule has 17 heavy (non-hydrogen) atoms. The molecule has 0 spiro atoms. The number of anilines is 1. The summed E-state index contributed by atoms with van der Waals surface area (Å²) in [5, 5.41) is 0. The van der Waals surface area contributed by atoms with Gasteiger partial charge in [-0.15, -0.1) is 0 Å². The summed E-state index contributed by atoms with van der Waals surface area (Å²) in [5.41, 5.74) is 1.11. The van der Waals surface area contributed by atoms with E-state index in [1.54, 1.807) is 0 Å². The van der Waals surface area contributed by atoms with E-state index >= 15 is 0 Å². The Labute approximate surface area is 103 Å². The molecule has 2 unspecified atom stereocenters. The van der Waals surface area contributed by atoms with E-state index in [1.165, 1.54) is 12.8 Å². The van der Waals surface area contributed by atoms with Crippen molar-refractivity contribution >= 4 is 5.95 Å². The average Bonchev–Trinajstić information content (AvgIpc) is 2.63. The summed E-state index contributed by atoms with van der Waals surface area (Å²) < 4.78 is 5.53. The van der Waals surface area contributed by atoms with Crippen molar-refractivity contribution in [2.24, 2.45) is 0 Å². The molecule has 2 saturated heterocycles. The number of aromatic nitrogens is 2. The molecule has 4 heteroatoms. The van der Waals surface area contributed by atoms with Crippen LogP contribution in [0.4, 0.5) is 5.95 Å². The monoisotopic (exact) mass is 235 g/mol. The van der Waals surface area contributed by atoms with E-state index in [2.05, 4.69) is 14.9 Å². The molecule has 2 bridgehead atoms. The highest BCUT2D eigenvalue weighted by molar-refractivity contribution is 5.36. The van der Waals surface area contributed by atoms with Crippen LogP contribution in [-0.2, 0) is 4.74 Å². The molecule has 3 heterocycles. The Hall–Kier alpha value is -1.16. The highest BCUT2D eigenvalue weighted by Gasteiger charge is 2.38. The summed E-state index contributed by atoms with van der Waals surface area (Å²) in [6.07, 6.45) is 6.19. The fourth-order valence-electron chi connectivity index (χ4n) is 2.47. The first-order valence-electron chi connectivity index (χ1n) is 6.49. The Kier molecular flexibility index (Phi) is 3.94. The average molecular weight is 235 g/mol. The Morgan fingerprint density at radius 1 is 1.12 bits per heavy atom. The van der Waals surface area contributed by atoms with Crippen LogP contribution in [0.25, 0.3) is 0 Å². The third kappa shape index (κ3) is 2.41. The molecule has 2 fully saturated rings. The minimum absolute atomic E-state index is 0.492. The van der Waals surface area contributed by atoms with Gasteiger partial charge in [-0.05, 0) is 25.3 Å². The van der Waals surface area contributed by atoms with Gasteiger partial charge >= 0.3 is 0 Å². The van der Waals surface area contributed by atoms with Crippen molar-refractivity contribution in [1.29, 1.82) is 0 Å². The number of aryl methyl sites for hydroxylation is 1. The second-order valence-electron chi connectivity index (χ2n) is 4.39. The second kappa shape index (κ2) is 5.45. The maximum Gasteiger partial charge on any atom is 0.225 e. The van der Waals surface area contributed by atoms with E-state index in [4.69, 9.17) is 4.74 Å². The lowest BCUT2D eigenvalue weighted by atomic mass is 10.2. The zero-order valence-electron chi connectivity index (χ0n) is 10.9. The fourth-order valence-corrected chi connectivity index (χ4v) is 2.47. The van der Waals surface area contributed by atoms with Crippen LogP contribution < -0.4 is 4.90 Å². The van der Waals surface area contributed by atoms with Crippen molar-refractivity contribution in [2.45, 2.75) is 45.7 Å². The van der Waals surface area contributed by atoms with Gasteiger partial charge < -0.3 is 9.64 Å². The van der Waals surface area contributed by atoms with Gasteiger partial charge in [-0.25, -0.2) is 9.97 Å². The Morgan fingerprint density at radius 2 is 1.65 bits per heavy atom. The van der Waals surface area contributed by atoms with E-state index in [0.29, 0.717) is 12.1 Å². The number of fused-ring (bicyclic) bond motifs is 2. The van der Waals surface area contributed by atoms with Crippen LogP contribution in [0.3, 0.4) is 0 Å². The van der Waals surface area contributed by atoms with Gasteiger partial charge in [0.1, 0.15) is 0 Å². The Morgan fingerprint density at radius 3 is 2.18 bits per heavy atom. The van der Waals surface area contributed by atoms with Gasteiger partial charge in [0.05, 0.1) is 25.3 Å². The number of morpholine rings is 1. The van der Waals surface area contributed by atoms with Gasteiger partial charge in [0.2, 0.25) is 5.95 Å². The predicted molar refractivity (Wildman–Crippen MR) is 68.2 cm³/mol. The van der Waals surface area contributed by atoms with Crippen LogP contribution in [0.1, 0.15) is 32.3 Å². The van der Waals surface area contributed by atoms with Crippen molar-refractivity contribution in [2.75, 3.05) is 18.1 Å². The van der Waals surface area contributed by atoms with Gasteiger partial charge in [0, 0.05) is 12.4 Å². The molecule has 0 N–H and O–H groups in total. The van der Waals surface area contributed by atoms with Crippen LogP contribution in [-0.4, -0.2) is 35.3 Å². The van der Waals surface area contributed by atoms with Crippen molar-refractivity contribution in [3.63, 3.8) is 0 Å². The molecule has 3 rings (SSSR count). The molecule has 1 aromatic heterocycles. The first-order valence-corrected chi connectivity index (χ1v) is 6.49. The Bertz CT molecular complexity index is 336. The molecule has 2 aliphatic rings. The summed E-state index contributed by atoms with van der Waals surface area (Å²) in [5.74, 6) is 0.872. The number of nitrogens with zero attached hydrogens (tertiary/aromatic N) is 3. The molecule has 0 aromatic carbocycles. The SMILES string of the molecule is CC.Cc1cnc(N2C3CCC2COC3)nc1. The van der Waals surface area contributed by atoms with Gasteiger partial charge in [0.15, 0.2) is 0 Å². The molecule has 94 valence electrons. The zero-order chi connectivity index (χ0) is 12.3. The van der Waals surface area contributed by atoms with Crippen molar-refractivity contribution in [1.82, 2.24) is 9.97 Å². The van der Waals surface area contributed by atoms with Gasteiger partial charge in [-0.1, -0.05) is 13.8 Å². The van der Waals surface area contributed by atoms with Crippen molar-refractivity contribution in [3.05, 3.63) is 18.0 Å². The number of hydrogen-bond donors (Lipinski definition) is 0. The summed E-state index contributed by atoms with van der Waals surface area (Å²) in [7, 11) is 0. The lowest BCUT2D eigenvalue weighted by Gasteiger charge is -2.34. The van der Waals surface area contributed by atoms with Crippen LogP contribution in [0.15, 0.2) is 12.4 Å². The lowest BCUT2D eigenvalue weighted by Crippen LogP contribution is -2.46. The summed E-state index contributed by atoms with van der Waals surface area (Å²) in [6, 6.07) is 0.984. The Balaban J connectivity index is 0.000000514. The molecule has 1 aromatic rings. The summed E-state index contributed by atoms with van der Waals surface area (Å²) in [4.78, 5) is 11.1. The third-order valence-corrected chi connectivity index (χ3v) is 3.24. The maximum atomic E-state index is 5.53. The topological polar surface area (TPSA) is 38.2 Å². The third-order valence-electron chi connectivity index (χ3n) is 3.24. The molecule has 4 nitrogen and oxygen atoms in total. The number of rotatable bonds is 1. The molecular weight excluding hydrogens is 214 g/mol. The van der Waals surface area contributed by atoms with E-state index in [1.807, 2.05) is 33.2 Å². The maximum absolute atomic E-state index is 5.53. The fraction of sp³-hybridized carbons (Fsp3) is 0.692. The molecule has 0 aliphatic carbocycles.